The van der Waals surface area contributed by atoms with Gasteiger partial charge in [0.2, 0.25) is 0 Å². The van der Waals surface area contributed by atoms with Gasteiger partial charge in [-0.05, 0) is 0 Å². The normalized spacial score (nSPS) is 7.00. The molecule has 0 atom stereocenters. The molecule has 0 radical (unpaired) electrons. The van der Waals surface area contributed by atoms with E-state index in [9.17, 15) is 0 Å². The fourth-order valence-electron chi connectivity index (χ4n) is 0.468. The van der Waals surface area contributed by atoms with Crippen molar-refractivity contribution in [3.8, 4) is 18.2 Å². The Kier molecular flexibility index (Phi) is 13.1. The molecule has 12 heavy (non-hydrogen) atoms. The highest BCUT2D eigenvalue weighted by Gasteiger charge is 1.99. The summed E-state index contributed by atoms with van der Waals surface area (Å²) in [6.07, 6.45) is 0. The number of rotatable bonds is 3. The SMILES string of the molecule is N#CCN(CC#N)CC#N.NN. The topological polar surface area (TPSA) is 127 Å². The summed E-state index contributed by atoms with van der Waals surface area (Å²) in [6.45, 7) is 0.420. The van der Waals surface area contributed by atoms with Crippen LogP contribution in [0.1, 0.15) is 0 Å². The van der Waals surface area contributed by atoms with Crippen LogP contribution >= 0.6 is 0 Å². The molecular formula is C6H10N6. The van der Waals surface area contributed by atoms with Gasteiger partial charge < -0.3 is 0 Å². The van der Waals surface area contributed by atoms with Gasteiger partial charge in [-0.2, -0.15) is 15.8 Å². The molecule has 0 saturated heterocycles. The van der Waals surface area contributed by atoms with Crippen molar-refractivity contribution >= 4 is 0 Å². The molecule has 0 spiro atoms. The average molecular weight is 166 g/mol. The lowest BCUT2D eigenvalue weighted by molar-refractivity contribution is 0.385. The molecule has 0 bridgehead atoms. The van der Waals surface area contributed by atoms with Crippen LogP contribution in [0.4, 0.5) is 0 Å². The van der Waals surface area contributed by atoms with E-state index in [1.165, 1.54) is 4.90 Å². The highest BCUT2D eigenvalue weighted by Crippen LogP contribution is 1.82. The first-order valence-corrected chi connectivity index (χ1v) is 3.01. The maximum Gasteiger partial charge on any atom is 0.0882 e. The Hall–Kier alpha value is -1.65. The number of hydrogen-bond donors (Lipinski definition) is 2. The third-order valence-electron chi connectivity index (χ3n) is 0.883. The van der Waals surface area contributed by atoms with E-state index in [-0.39, 0.29) is 19.6 Å². The first-order valence-electron chi connectivity index (χ1n) is 3.01. The van der Waals surface area contributed by atoms with Crippen molar-refractivity contribution in [1.29, 1.82) is 15.8 Å². The average Bonchev–Trinajstić information content (AvgIpc) is 2.10. The summed E-state index contributed by atoms with van der Waals surface area (Å²) in [4.78, 5) is 1.46. The first-order chi connectivity index (χ1) is 5.85. The minimum atomic E-state index is 0.140. The molecule has 0 aromatic carbocycles. The first kappa shape index (κ1) is 13.0. The second-order valence-corrected chi connectivity index (χ2v) is 1.62. The maximum absolute atomic E-state index is 8.18. The minimum absolute atomic E-state index is 0.140. The summed E-state index contributed by atoms with van der Waals surface area (Å²) < 4.78 is 0. The molecule has 0 aromatic heterocycles. The molecular weight excluding hydrogens is 156 g/mol. The Morgan fingerprint density at radius 3 is 1.25 bits per heavy atom. The van der Waals surface area contributed by atoms with Crippen LogP contribution in [0.5, 0.6) is 0 Å². The third kappa shape index (κ3) is 8.35. The molecule has 6 nitrogen and oxygen atoms in total. The molecule has 0 heterocycles. The molecule has 4 N–H and O–H groups in total. The van der Waals surface area contributed by atoms with Gasteiger partial charge in [-0.25, -0.2) is 0 Å². The zero-order chi connectivity index (χ0) is 9.82. The van der Waals surface area contributed by atoms with E-state index < -0.39 is 0 Å². The molecule has 6 heteroatoms. The number of nitrogens with zero attached hydrogens (tertiary/aromatic N) is 4. The van der Waals surface area contributed by atoms with Gasteiger partial charge in [0.15, 0.2) is 0 Å². The van der Waals surface area contributed by atoms with E-state index in [1.807, 2.05) is 18.2 Å². The van der Waals surface area contributed by atoms with Crippen molar-refractivity contribution in [3.05, 3.63) is 0 Å². The molecule has 0 fully saturated rings. The summed E-state index contributed by atoms with van der Waals surface area (Å²) in [6, 6.07) is 5.58. The van der Waals surface area contributed by atoms with E-state index in [2.05, 4.69) is 11.7 Å². The monoisotopic (exact) mass is 166 g/mol. The molecule has 0 unspecified atom stereocenters. The fourth-order valence-corrected chi connectivity index (χ4v) is 0.468. The largest absolute Gasteiger partial charge is 0.274 e. The van der Waals surface area contributed by atoms with Crippen LogP contribution in [0.15, 0.2) is 0 Å². The van der Waals surface area contributed by atoms with Crippen LogP contribution in [0.25, 0.3) is 0 Å². The summed E-state index contributed by atoms with van der Waals surface area (Å²) in [5, 5.41) is 24.5. The van der Waals surface area contributed by atoms with Gasteiger partial charge >= 0.3 is 0 Å². The number of nitrogens with two attached hydrogens (primary N) is 2. The molecule has 0 aromatic rings. The van der Waals surface area contributed by atoms with E-state index in [1.54, 1.807) is 0 Å². The van der Waals surface area contributed by atoms with Crippen LogP contribution in [-0.2, 0) is 0 Å². The summed E-state index contributed by atoms with van der Waals surface area (Å²) in [5.41, 5.74) is 0. The van der Waals surface area contributed by atoms with Crippen LogP contribution in [0.3, 0.4) is 0 Å². The molecule has 0 aliphatic rings. The standard InChI is InChI=1S/C6H6N4.H4N2/c7-1-4-10(5-2-8)6-3-9;1-2/h4-6H2;1-2H2. The van der Waals surface area contributed by atoms with Gasteiger partial charge in [0.25, 0.3) is 0 Å². The van der Waals surface area contributed by atoms with Crippen molar-refractivity contribution in [1.82, 2.24) is 4.90 Å². The summed E-state index contributed by atoms with van der Waals surface area (Å²) in [5.74, 6) is 8.00. The summed E-state index contributed by atoms with van der Waals surface area (Å²) >= 11 is 0. The van der Waals surface area contributed by atoms with Crippen molar-refractivity contribution in [2.45, 2.75) is 0 Å². The van der Waals surface area contributed by atoms with Crippen LogP contribution in [0.2, 0.25) is 0 Å². The maximum atomic E-state index is 8.18. The minimum Gasteiger partial charge on any atom is -0.274 e. The zero-order valence-electron chi connectivity index (χ0n) is 6.56. The van der Waals surface area contributed by atoms with Gasteiger partial charge in [0.05, 0.1) is 37.8 Å². The Balaban J connectivity index is 0. The Bertz CT molecular complexity index is 166. The van der Waals surface area contributed by atoms with E-state index in [4.69, 9.17) is 15.8 Å². The number of nitriles is 3. The number of hydrogen-bond acceptors (Lipinski definition) is 6. The third-order valence-corrected chi connectivity index (χ3v) is 0.883. The van der Waals surface area contributed by atoms with Crippen LogP contribution in [-0.4, -0.2) is 24.5 Å². The van der Waals surface area contributed by atoms with Gasteiger partial charge in [0.1, 0.15) is 0 Å². The van der Waals surface area contributed by atoms with Crippen molar-refractivity contribution in [2.24, 2.45) is 11.7 Å². The van der Waals surface area contributed by atoms with Crippen molar-refractivity contribution < 1.29 is 0 Å². The molecule has 0 amide bonds. The van der Waals surface area contributed by atoms with Gasteiger partial charge in [-0.3, -0.25) is 16.6 Å². The second-order valence-electron chi connectivity index (χ2n) is 1.62. The molecule has 0 saturated carbocycles. The van der Waals surface area contributed by atoms with Crippen LogP contribution in [0, 0.1) is 34.0 Å². The molecule has 64 valence electrons. The highest BCUT2D eigenvalue weighted by molar-refractivity contribution is 4.88. The highest BCUT2D eigenvalue weighted by atomic mass is 15.1. The summed E-state index contributed by atoms with van der Waals surface area (Å²) in [7, 11) is 0. The van der Waals surface area contributed by atoms with Gasteiger partial charge in [0, 0.05) is 0 Å². The lowest BCUT2D eigenvalue weighted by Gasteiger charge is -2.07. The smallest absolute Gasteiger partial charge is 0.0882 e. The second kappa shape index (κ2) is 12.1. The predicted molar refractivity (Wildman–Crippen MR) is 41.7 cm³/mol. The van der Waals surface area contributed by atoms with Gasteiger partial charge in [-0.1, -0.05) is 0 Å². The zero-order valence-corrected chi connectivity index (χ0v) is 6.56. The van der Waals surface area contributed by atoms with E-state index >= 15 is 0 Å². The van der Waals surface area contributed by atoms with E-state index in [0.29, 0.717) is 0 Å². The number of hydrazine groups is 1. The van der Waals surface area contributed by atoms with Crippen molar-refractivity contribution in [3.63, 3.8) is 0 Å². The van der Waals surface area contributed by atoms with E-state index in [0.717, 1.165) is 0 Å². The Morgan fingerprint density at radius 2 is 1.08 bits per heavy atom. The Morgan fingerprint density at radius 1 is 0.833 bits per heavy atom. The predicted octanol–water partition coefficient (Wildman–Crippen LogP) is -1.32. The Labute approximate surface area is 71.2 Å². The molecule has 0 rings (SSSR count). The molecule has 0 aliphatic carbocycles. The molecule has 0 aliphatic heterocycles. The quantitative estimate of drug-likeness (QED) is 0.304. The van der Waals surface area contributed by atoms with Crippen LogP contribution < -0.4 is 11.7 Å². The van der Waals surface area contributed by atoms with Gasteiger partial charge in [-0.15, -0.1) is 0 Å². The lowest BCUT2D eigenvalue weighted by atomic mass is 10.5. The van der Waals surface area contributed by atoms with Crippen molar-refractivity contribution in [2.75, 3.05) is 19.6 Å². The fraction of sp³-hybridized carbons (Fsp3) is 0.500. The lowest BCUT2D eigenvalue weighted by Crippen LogP contribution is -2.24.